The van der Waals surface area contributed by atoms with Gasteiger partial charge in [0.2, 0.25) is 0 Å². The molecule has 2 nitrogen and oxygen atoms in total. The first-order valence-corrected chi connectivity index (χ1v) is 9.46. The molecule has 5 rings (SSSR count). The van der Waals surface area contributed by atoms with Crippen LogP contribution >= 0.6 is 0 Å². The molecule has 26 heavy (non-hydrogen) atoms. The fraction of sp³-hybridized carbons (Fsp3) is 0.250. The van der Waals surface area contributed by atoms with Gasteiger partial charge in [0.25, 0.3) is 0 Å². The summed E-state index contributed by atoms with van der Waals surface area (Å²) in [7, 11) is 0. The minimum atomic E-state index is 0.170. The van der Waals surface area contributed by atoms with E-state index in [2.05, 4.69) is 89.8 Å². The van der Waals surface area contributed by atoms with Crippen LogP contribution in [0.3, 0.4) is 0 Å². The Bertz CT molecular complexity index is 877. The largest absolute Gasteiger partial charge is 0.361 e. The number of benzene rings is 3. The molecule has 0 aliphatic carbocycles. The second kappa shape index (κ2) is 6.71. The second-order valence-corrected chi connectivity index (χ2v) is 7.27. The van der Waals surface area contributed by atoms with Gasteiger partial charge in [-0.3, -0.25) is 4.90 Å². The lowest BCUT2D eigenvalue weighted by molar-refractivity contribution is -0.00383. The van der Waals surface area contributed by atoms with Crippen LogP contribution in [-0.2, 0) is 17.6 Å². The van der Waals surface area contributed by atoms with E-state index in [-0.39, 0.29) is 6.23 Å². The summed E-state index contributed by atoms with van der Waals surface area (Å²) in [6.45, 7) is 0.772. The Kier molecular flexibility index (Phi) is 4.08. The summed E-state index contributed by atoms with van der Waals surface area (Å²) in [6, 6.07) is 31.2. The Labute approximate surface area is 155 Å². The van der Waals surface area contributed by atoms with Gasteiger partial charge in [-0.1, -0.05) is 84.9 Å². The zero-order chi connectivity index (χ0) is 17.3. The lowest BCUT2D eigenvalue weighted by atomic mass is 9.86. The highest BCUT2D eigenvalue weighted by molar-refractivity contribution is 5.36. The van der Waals surface area contributed by atoms with Crippen LogP contribution in [0.5, 0.6) is 0 Å². The Morgan fingerprint density at radius 1 is 0.808 bits per heavy atom. The normalized spacial score (nSPS) is 24.8. The van der Waals surface area contributed by atoms with E-state index in [1.165, 1.54) is 22.3 Å². The summed E-state index contributed by atoms with van der Waals surface area (Å²) >= 11 is 0. The number of hydrogen-bond donors (Lipinski definition) is 0. The molecular formula is C24H23NO. The third kappa shape index (κ3) is 2.76. The number of hydrogen-bond acceptors (Lipinski definition) is 2. The number of rotatable bonds is 3. The average Bonchev–Trinajstić information content (AvgIpc) is 3.13. The van der Waals surface area contributed by atoms with Crippen molar-refractivity contribution in [2.24, 2.45) is 0 Å². The van der Waals surface area contributed by atoms with Crippen molar-refractivity contribution < 1.29 is 4.74 Å². The van der Waals surface area contributed by atoms with E-state index in [0.29, 0.717) is 12.1 Å². The van der Waals surface area contributed by atoms with E-state index >= 15 is 0 Å². The van der Waals surface area contributed by atoms with Gasteiger partial charge in [-0.15, -0.1) is 0 Å². The molecule has 0 unspecified atom stereocenters. The fourth-order valence-electron chi connectivity index (χ4n) is 4.55. The predicted molar refractivity (Wildman–Crippen MR) is 104 cm³/mol. The predicted octanol–water partition coefficient (Wildman–Crippen LogP) is 4.93. The summed E-state index contributed by atoms with van der Waals surface area (Å²) in [6.07, 6.45) is 2.16. The van der Waals surface area contributed by atoms with Crippen molar-refractivity contribution in [2.45, 2.75) is 31.2 Å². The molecule has 0 amide bonds. The van der Waals surface area contributed by atoms with Gasteiger partial charge in [0.05, 0.1) is 12.6 Å². The molecule has 1 saturated heterocycles. The molecule has 0 N–H and O–H groups in total. The molecule has 1 fully saturated rings. The van der Waals surface area contributed by atoms with Crippen LogP contribution < -0.4 is 0 Å². The van der Waals surface area contributed by atoms with Crippen molar-refractivity contribution in [1.82, 2.24) is 4.90 Å². The third-order valence-electron chi connectivity index (χ3n) is 5.76. The molecule has 0 aromatic heterocycles. The van der Waals surface area contributed by atoms with Crippen LogP contribution in [0.1, 0.15) is 34.3 Å². The van der Waals surface area contributed by atoms with Crippen molar-refractivity contribution in [3.63, 3.8) is 0 Å². The maximum absolute atomic E-state index is 6.27. The van der Waals surface area contributed by atoms with Crippen LogP contribution in [0, 0.1) is 0 Å². The number of fused-ring (bicyclic) bond motifs is 2. The van der Waals surface area contributed by atoms with Gasteiger partial charge in [0.1, 0.15) is 6.23 Å². The van der Waals surface area contributed by atoms with Gasteiger partial charge in [0.15, 0.2) is 0 Å². The van der Waals surface area contributed by atoms with Gasteiger partial charge in [-0.2, -0.15) is 0 Å². The van der Waals surface area contributed by atoms with Crippen LogP contribution in [0.4, 0.5) is 0 Å². The molecule has 2 aliphatic rings. The maximum atomic E-state index is 6.27. The molecular weight excluding hydrogens is 318 g/mol. The first-order valence-electron chi connectivity index (χ1n) is 9.46. The van der Waals surface area contributed by atoms with Crippen LogP contribution in [0.2, 0.25) is 0 Å². The molecule has 0 bridgehead atoms. The van der Waals surface area contributed by atoms with Gasteiger partial charge in [-0.05, 0) is 28.7 Å². The van der Waals surface area contributed by atoms with E-state index in [9.17, 15) is 0 Å². The van der Waals surface area contributed by atoms with Gasteiger partial charge in [-0.25, -0.2) is 0 Å². The van der Waals surface area contributed by atoms with E-state index in [1.807, 2.05) is 0 Å². The zero-order valence-corrected chi connectivity index (χ0v) is 14.8. The highest BCUT2D eigenvalue weighted by atomic mass is 16.5. The van der Waals surface area contributed by atoms with Gasteiger partial charge >= 0.3 is 0 Å². The Balaban J connectivity index is 1.57. The topological polar surface area (TPSA) is 12.5 Å². The Hall–Kier alpha value is -2.42. The summed E-state index contributed by atoms with van der Waals surface area (Å²) in [5.41, 5.74) is 5.63. The van der Waals surface area contributed by atoms with Crippen molar-refractivity contribution in [1.29, 1.82) is 0 Å². The van der Waals surface area contributed by atoms with E-state index in [0.717, 1.165) is 19.4 Å². The molecule has 2 heterocycles. The van der Waals surface area contributed by atoms with Crippen molar-refractivity contribution in [3.8, 4) is 0 Å². The van der Waals surface area contributed by atoms with Crippen molar-refractivity contribution in [3.05, 3.63) is 107 Å². The molecule has 3 aromatic rings. The molecule has 0 saturated carbocycles. The minimum Gasteiger partial charge on any atom is -0.361 e. The summed E-state index contributed by atoms with van der Waals surface area (Å²) < 4.78 is 6.27. The molecule has 130 valence electrons. The molecule has 0 spiro atoms. The lowest BCUT2D eigenvalue weighted by Gasteiger charge is -2.41. The Morgan fingerprint density at radius 3 is 2.31 bits per heavy atom. The molecule has 3 aromatic carbocycles. The van der Waals surface area contributed by atoms with Gasteiger partial charge in [0, 0.05) is 12.5 Å². The molecule has 2 heteroatoms. The summed E-state index contributed by atoms with van der Waals surface area (Å²) in [5.74, 6) is 0. The van der Waals surface area contributed by atoms with E-state index in [4.69, 9.17) is 4.74 Å². The SMILES string of the molecule is c1ccc(C[C@H]2c3ccccc3C[C@@H]3OC[C@@H](c4ccccc4)N32)cc1. The maximum Gasteiger partial charge on any atom is 0.115 e. The third-order valence-corrected chi connectivity index (χ3v) is 5.76. The number of nitrogens with zero attached hydrogens (tertiary/aromatic N) is 1. The highest BCUT2D eigenvalue weighted by Gasteiger charge is 2.44. The minimum absolute atomic E-state index is 0.170. The first-order chi connectivity index (χ1) is 12.9. The van der Waals surface area contributed by atoms with Gasteiger partial charge < -0.3 is 4.74 Å². The monoisotopic (exact) mass is 341 g/mol. The molecule has 2 aliphatic heterocycles. The van der Waals surface area contributed by atoms with Crippen LogP contribution in [-0.4, -0.2) is 17.7 Å². The fourth-order valence-corrected chi connectivity index (χ4v) is 4.55. The van der Waals surface area contributed by atoms with Crippen molar-refractivity contribution >= 4 is 0 Å². The van der Waals surface area contributed by atoms with Crippen LogP contribution in [0.15, 0.2) is 84.9 Å². The van der Waals surface area contributed by atoms with E-state index in [1.54, 1.807) is 0 Å². The second-order valence-electron chi connectivity index (χ2n) is 7.27. The van der Waals surface area contributed by atoms with Crippen LogP contribution in [0.25, 0.3) is 0 Å². The number of ether oxygens (including phenoxy) is 1. The standard InChI is InChI=1S/C24H23NO/c1-3-9-18(10-4-1)15-22-21-14-8-7-13-20(21)16-24-25(22)23(17-26-24)19-11-5-2-6-12-19/h1-14,22-24H,15-17H2/t22-,23-,24-/m0/s1. The molecule has 0 radical (unpaired) electrons. The molecule has 3 atom stereocenters. The smallest absolute Gasteiger partial charge is 0.115 e. The zero-order valence-electron chi connectivity index (χ0n) is 14.8. The highest BCUT2D eigenvalue weighted by Crippen LogP contribution is 2.44. The Morgan fingerprint density at radius 2 is 1.50 bits per heavy atom. The van der Waals surface area contributed by atoms with E-state index < -0.39 is 0 Å². The summed E-state index contributed by atoms with van der Waals surface area (Å²) in [4.78, 5) is 2.62. The van der Waals surface area contributed by atoms with Crippen molar-refractivity contribution in [2.75, 3.05) is 6.61 Å². The summed E-state index contributed by atoms with van der Waals surface area (Å²) in [5, 5.41) is 0. The lowest BCUT2D eigenvalue weighted by Crippen LogP contribution is -2.42. The average molecular weight is 341 g/mol. The quantitative estimate of drug-likeness (QED) is 0.670. The first kappa shape index (κ1) is 15.8.